The van der Waals surface area contributed by atoms with E-state index in [0.717, 1.165) is 42.6 Å². The van der Waals surface area contributed by atoms with Gasteiger partial charge in [-0.25, -0.2) is 4.79 Å². The number of nitro benzene ring substituents is 1. The van der Waals surface area contributed by atoms with E-state index in [9.17, 15) is 32.9 Å². The van der Waals surface area contributed by atoms with Crippen LogP contribution in [0, 0.1) is 16.0 Å². The average molecular weight is 627 g/mol. The van der Waals surface area contributed by atoms with Crippen LogP contribution in [0.2, 0.25) is 5.02 Å². The molecule has 0 heterocycles. The predicted octanol–water partition coefficient (Wildman–Crippen LogP) is 9.16. The second kappa shape index (κ2) is 15.5. The van der Waals surface area contributed by atoms with Crippen molar-refractivity contribution < 1.29 is 37.5 Å². The van der Waals surface area contributed by atoms with Crippen molar-refractivity contribution in [1.82, 2.24) is 4.90 Å². The maximum absolute atomic E-state index is 12.6. The van der Waals surface area contributed by atoms with Crippen LogP contribution in [0.15, 0.2) is 66.7 Å². The number of thioether (sulfide) groups is 1. The highest BCUT2D eigenvalue weighted by atomic mass is 35.5. The average Bonchev–Trinajstić information content (AvgIpc) is 2.93. The molecular weight excluding hydrogens is 597 g/mol. The summed E-state index contributed by atoms with van der Waals surface area (Å²) in [5, 5.41) is 19.6. The van der Waals surface area contributed by atoms with E-state index in [1.807, 2.05) is 30.0 Å². The van der Waals surface area contributed by atoms with Crippen molar-refractivity contribution in [3.8, 4) is 11.5 Å². The minimum atomic E-state index is -4.58. The van der Waals surface area contributed by atoms with E-state index in [1.54, 1.807) is 0 Å². The summed E-state index contributed by atoms with van der Waals surface area (Å²) in [6.07, 6.45) is -4.58. The Labute approximate surface area is 250 Å². The molecule has 42 heavy (non-hydrogen) atoms. The van der Waals surface area contributed by atoms with Gasteiger partial charge in [0, 0.05) is 30.5 Å². The second-order valence-electron chi connectivity index (χ2n) is 9.30. The fourth-order valence-electron chi connectivity index (χ4n) is 3.54. The number of amides is 1. The van der Waals surface area contributed by atoms with Crippen molar-refractivity contribution in [2.24, 2.45) is 5.92 Å². The molecule has 0 aromatic heterocycles. The number of carbonyl (C=O) groups is 2. The molecular formula is C29H30ClF3N2O6S. The Morgan fingerprint density at radius 2 is 1.71 bits per heavy atom. The SMILES string of the molecule is CCN(C(=O)SCc1ccccc1)C(C)C(C)C.O=C(O)c1cc(Oc2ccc(C(F)(F)F)cc2Cl)ccc1[N+](=O)[O-]. The number of alkyl halides is 3. The van der Waals surface area contributed by atoms with Crippen molar-refractivity contribution >= 4 is 40.3 Å². The molecule has 1 unspecified atom stereocenters. The lowest BCUT2D eigenvalue weighted by molar-refractivity contribution is -0.385. The van der Waals surface area contributed by atoms with Crippen LogP contribution in [0.4, 0.5) is 23.7 Å². The number of benzene rings is 3. The van der Waals surface area contributed by atoms with Gasteiger partial charge >= 0.3 is 12.1 Å². The smallest absolute Gasteiger partial charge is 0.416 e. The molecule has 1 N–H and O–H groups in total. The van der Waals surface area contributed by atoms with Crippen molar-refractivity contribution in [3.63, 3.8) is 0 Å². The van der Waals surface area contributed by atoms with Gasteiger partial charge in [-0.15, -0.1) is 0 Å². The summed E-state index contributed by atoms with van der Waals surface area (Å²) in [5.41, 5.74) is -1.05. The van der Waals surface area contributed by atoms with Crippen LogP contribution in [0.25, 0.3) is 0 Å². The summed E-state index contributed by atoms with van der Waals surface area (Å²) in [7, 11) is 0. The standard InChI is InChI=1S/C15H23NOS.C14H7ClF3NO5/c1-5-16(13(4)12(2)3)15(17)18-11-14-9-7-6-8-10-14;15-10-5-7(14(16,17)18)1-4-12(10)24-8-2-3-11(19(22)23)9(6-8)13(20)21/h6-10,12-13H,5,11H2,1-4H3;1-6H,(H,20,21). The molecule has 226 valence electrons. The molecule has 1 atom stereocenters. The second-order valence-corrected chi connectivity index (χ2v) is 10.6. The fraction of sp³-hybridized carbons (Fsp3) is 0.310. The number of rotatable bonds is 9. The maximum atomic E-state index is 12.6. The number of nitrogens with zero attached hydrogens (tertiary/aromatic N) is 2. The van der Waals surface area contributed by atoms with Crippen molar-refractivity contribution in [3.05, 3.63) is 98.6 Å². The summed E-state index contributed by atoms with van der Waals surface area (Å²) in [4.78, 5) is 35.1. The van der Waals surface area contributed by atoms with Gasteiger partial charge in [0.15, 0.2) is 0 Å². The third kappa shape index (κ3) is 9.95. The van der Waals surface area contributed by atoms with Gasteiger partial charge in [0.25, 0.3) is 10.9 Å². The van der Waals surface area contributed by atoms with Gasteiger partial charge in [-0.05, 0) is 49.6 Å². The molecule has 0 spiro atoms. The van der Waals surface area contributed by atoms with E-state index in [2.05, 4.69) is 32.9 Å². The summed E-state index contributed by atoms with van der Waals surface area (Å²) in [6.45, 7) is 9.25. The zero-order valence-corrected chi connectivity index (χ0v) is 24.8. The molecule has 8 nitrogen and oxygen atoms in total. The number of halogens is 4. The quantitative estimate of drug-likeness (QED) is 0.186. The van der Waals surface area contributed by atoms with Crippen molar-refractivity contribution in [2.75, 3.05) is 6.54 Å². The first-order valence-corrected chi connectivity index (χ1v) is 14.1. The van der Waals surface area contributed by atoms with E-state index >= 15 is 0 Å². The Morgan fingerprint density at radius 3 is 2.21 bits per heavy atom. The van der Waals surface area contributed by atoms with Crippen LogP contribution in [0.1, 0.15) is 49.2 Å². The highest BCUT2D eigenvalue weighted by Gasteiger charge is 2.31. The Kier molecular flexibility index (Phi) is 12.7. The molecule has 3 aromatic rings. The molecule has 0 saturated heterocycles. The van der Waals surface area contributed by atoms with Gasteiger partial charge in [0.05, 0.1) is 15.5 Å². The summed E-state index contributed by atoms with van der Waals surface area (Å²) in [6, 6.07) is 15.7. The zero-order chi connectivity index (χ0) is 31.6. The molecule has 0 fully saturated rings. The zero-order valence-electron chi connectivity index (χ0n) is 23.2. The number of hydrogen-bond donors (Lipinski definition) is 1. The maximum Gasteiger partial charge on any atom is 0.416 e. The summed E-state index contributed by atoms with van der Waals surface area (Å²) in [5.74, 6) is -0.590. The lowest BCUT2D eigenvalue weighted by Gasteiger charge is -2.30. The van der Waals surface area contributed by atoms with Gasteiger partial charge in [0.1, 0.15) is 17.1 Å². The number of ether oxygens (including phenoxy) is 1. The highest BCUT2D eigenvalue weighted by molar-refractivity contribution is 8.12. The van der Waals surface area contributed by atoms with Gasteiger partial charge in [0.2, 0.25) is 0 Å². The van der Waals surface area contributed by atoms with E-state index < -0.39 is 33.9 Å². The molecule has 0 radical (unpaired) electrons. The van der Waals surface area contributed by atoms with Crippen LogP contribution >= 0.6 is 23.4 Å². The number of nitro groups is 1. The first kappa shape index (κ1) is 34.4. The third-order valence-corrected chi connectivity index (χ3v) is 7.37. The van der Waals surface area contributed by atoms with Crippen LogP contribution in [0.5, 0.6) is 11.5 Å². The minimum Gasteiger partial charge on any atom is -0.477 e. The Balaban J connectivity index is 0.000000307. The molecule has 3 aromatic carbocycles. The predicted molar refractivity (Wildman–Crippen MR) is 156 cm³/mol. The number of carboxylic acid groups (broad SMARTS) is 1. The highest BCUT2D eigenvalue weighted by Crippen LogP contribution is 2.37. The lowest BCUT2D eigenvalue weighted by Crippen LogP contribution is -2.39. The largest absolute Gasteiger partial charge is 0.477 e. The molecule has 0 saturated carbocycles. The van der Waals surface area contributed by atoms with E-state index in [4.69, 9.17) is 21.4 Å². The molecule has 0 aliphatic heterocycles. The number of carbonyl (C=O) groups excluding carboxylic acids is 1. The van der Waals surface area contributed by atoms with Crippen molar-refractivity contribution in [1.29, 1.82) is 0 Å². The van der Waals surface area contributed by atoms with Crippen LogP contribution in [0.3, 0.4) is 0 Å². The van der Waals surface area contributed by atoms with E-state index in [1.165, 1.54) is 17.3 Å². The molecule has 1 amide bonds. The van der Waals surface area contributed by atoms with Crippen molar-refractivity contribution in [2.45, 2.75) is 45.7 Å². The van der Waals surface area contributed by atoms with Crippen LogP contribution in [-0.4, -0.2) is 38.7 Å². The third-order valence-electron chi connectivity index (χ3n) is 6.12. The Hall–Kier alpha value is -3.77. The summed E-state index contributed by atoms with van der Waals surface area (Å²) >= 11 is 7.11. The molecule has 0 bridgehead atoms. The fourth-order valence-corrected chi connectivity index (χ4v) is 4.70. The van der Waals surface area contributed by atoms with E-state index in [-0.39, 0.29) is 21.8 Å². The normalized spacial score (nSPS) is 11.7. The van der Waals surface area contributed by atoms with Crippen LogP contribution in [-0.2, 0) is 11.9 Å². The molecule has 3 rings (SSSR count). The van der Waals surface area contributed by atoms with Crippen LogP contribution < -0.4 is 4.74 Å². The monoisotopic (exact) mass is 626 g/mol. The van der Waals surface area contributed by atoms with Gasteiger partial charge < -0.3 is 14.7 Å². The lowest BCUT2D eigenvalue weighted by atomic mass is 10.1. The van der Waals surface area contributed by atoms with Gasteiger partial charge in [-0.3, -0.25) is 14.9 Å². The molecule has 0 aliphatic rings. The van der Waals surface area contributed by atoms with E-state index in [0.29, 0.717) is 18.0 Å². The van der Waals surface area contributed by atoms with Gasteiger partial charge in [-0.2, -0.15) is 13.2 Å². The Morgan fingerprint density at radius 1 is 1.07 bits per heavy atom. The number of carboxylic acids is 1. The van der Waals surface area contributed by atoms with Gasteiger partial charge in [-0.1, -0.05) is 67.5 Å². The number of hydrogen-bond acceptors (Lipinski definition) is 6. The Bertz CT molecular complexity index is 1390. The number of aromatic carboxylic acids is 1. The first-order valence-electron chi connectivity index (χ1n) is 12.7. The topological polar surface area (TPSA) is 110 Å². The minimum absolute atomic E-state index is 0.125. The molecule has 0 aliphatic carbocycles. The first-order chi connectivity index (χ1) is 19.6. The summed E-state index contributed by atoms with van der Waals surface area (Å²) < 4.78 is 42.9. The molecule has 13 heteroatoms.